The zero-order valence-electron chi connectivity index (χ0n) is 15.3. The number of rotatable bonds is 4. The molecule has 25 heavy (non-hydrogen) atoms. The summed E-state index contributed by atoms with van der Waals surface area (Å²) < 4.78 is 5.44. The van der Waals surface area contributed by atoms with E-state index in [2.05, 4.69) is 27.1 Å². The van der Waals surface area contributed by atoms with E-state index in [-0.39, 0.29) is 12.1 Å². The Labute approximate surface area is 149 Å². The van der Waals surface area contributed by atoms with E-state index in [0.29, 0.717) is 5.92 Å². The van der Waals surface area contributed by atoms with Crippen molar-refractivity contribution in [3.8, 4) is 0 Å². The van der Waals surface area contributed by atoms with Crippen LogP contribution in [-0.4, -0.2) is 66.3 Å². The fourth-order valence-electron chi connectivity index (χ4n) is 3.68. The molecule has 138 valence electrons. The zero-order valence-corrected chi connectivity index (χ0v) is 15.3. The van der Waals surface area contributed by atoms with Gasteiger partial charge in [-0.15, -0.1) is 0 Å². The highest BCUT2D eigenvalue weighted by atomic mass is 16.5. The summed E-state index contributed by atoms with van der Waals surface area (Å²) in [6.45, 7) is 8.72. The van der Waals surface area contributed by atoms with E-state index in [1.54, 1.807) is 6.20 Å². The van der Waals surface area contributed by atoms with Crippen molar-refractivity contribution in [3.63, 3.8) is 0 Å². The van der Waals surface area contributed by atoms with Crippen LogP contribution in [0.4, 0.5) is 10.6 Å². The summed E-state index contributed by atoms with van der Waals surface area (Å²) in [5, 5.41) is 3.26. The van der Waals surface area contributed by atoms with Crippen LogP contribution in [0.25, 0.3) is 0 Å². The van der Waals surface area contributed by atoms with Crippen LogP contribution in [-0.2, 0) is 4.74 Å². The van der Waals surface area contributed by atoms with Crippen LogP contribution in [0.1, 0.15) is 32.0 Å². The van der Waals surface area contributed by atoms with Gasteiger partial charge in [-0.05, 0) is 38.2 Å². The molecule has 1 unspecified atom stereocenters. The van der Waals surface area contributed by atoms with Crippen LogP contribution in [0.2, 0.25) is 0 Å². The van der Waals surface area contributed by atoms with E-state index in [1.807, 2.05) is 17.9 Å². The Balaban J connectivity index is 1.50. The SMILES string of the molecule is CCC(NC(=O)N1CCN(c2ccnc(C)n2)CC1)C1CCOCC1. The number of nitrogens with zero attached hydrogens (tertiary/aromatic N) is 4. The zero-order chi connectivity index (χ0) is 17.6. The normalized spacial score (nSPS) is 20.4. The summed E-state index contributed by atoms with van der Waals surface area (Å²) >= 11 is 0. The first-order valence-electron chi connectivity index (χ1n) is 9.35. The second-order valence-electron chi connectivity index (χ2n) is 6.85. The molecule has 2 aliphatic heterocycles. The molecule has 0 spiro atoms. The van der Waals surface area contributed by atoms with Crippen molar-refractivity contribution >= 4 is 11.8 Å². The third kappa shape index (κ3) is 4.60. The van der Waals surface area contributed by atoms with Gasteiger partial charge in [0, 0.05) is 51.6 Å². The maximum Gasteiger partial charge on any atom is 0.317 e. The van der Waals surface area contributed by atoms with E-state index >= 15 is 0 Å². The Morgan fingerprint density at radius 1 is 1.32 bits per heavy atom. The van der Waals surface area contributed by atoms with Crippen molar-refractivity contribution in [1.82, 2.24) is 20.2 Å². The first-order valence-corrected chi connectivity index (χ1v) is 9.35. The number of hydrogen-bond acceptors (Lipinski definition) is 5. The van der Waals surface area contributed by atoms with E-state index in [1.165, 1.54) is 0 Å². The Morgan fingerprint density at radius 3 is 2.68 bits per heavy atom. The van der Waals surface area contributed by atoms with Gasteiger partial charge in [-0.3, -0.25) is 0 Å². The van der Waals surface area contributed by atoms with Gasteiger partial charge in [0.2, 0.25) is 0 Å². The van der Waals surface area contributed by atoms with Crippen molar-refractivity contribution in [2.45, 2.75) is 39.2 Å². The first-order chi connectivity index (χ1) is 12.2. The van der Waals surface area contributed by atoms with Crippen LogP contribution >= 0.6 is 0 Å². The van der Waals surface area contributed by atoms with Gasteiger partial charge in [-0.25, -0.2) is 14.8 Å². The van der Waals surface area contributed by atoms with E-state index < -0.39 is 0 Å². The van der Waals surface area contributed by atoms with Gasteiger partial charge < -0.3 is 19.9 Å². The number of piperazine rings is 1. The van der Waals surface area contributed by atoms with E-state index in [9.17, 15) is 4.79 Å². The molecule has 3 rings (SSSR count). The second kappa shape index (κ2) is 8.47. The number of nitrogens with one attached hydrogen (secondary N) is 1. The highest BCUT2D eigenvalue weighted by Gasteiger charge is 2.27. The Hall–Kier alpha value is -1.89. The smallest absolute Gasteiger partial charge is 0.317 e. The monoisotopic (exact) mass is 347 g/mol. The van der Waals surface area contributed by atoms with Gasteiger partial charge in [0.05, 0.1) is 0 Å². The van der Waals surface area contributed by atoms with Crippen LogP contribution in [0.3, 0.4) is 0 Å². The summed E-state index contributed by atoms with van der Waals surface area (Å²) in [4.78, 5) is 25.4. The average molecular weight is 347 g/mol. The molecule has 7 heteroatoms. The van der Waals surface area contributed by atoms with Gasteiger partial charge in [0.1, 0.15) is 11.6 Å². The Morgan fingerprint density at radius 2 is 2.04 bits per heavy atom. The molecule has 3 heterocycles. The lowest BCUT2D eigenvalue weighted by Gasteiger charge is -2.37. The van der Waals surface area contributed by atoms with Crippen molar-refractivity contribution in [2.75, 3.05) is 44.3 Å². The molecule has 7 nitrogen and oxygen atoms in total. The fraction of sp³-hybridized carbons (Fsp3) is 0.722. The summed E-state index contributed by atoms with van der Waals surface area (Å²) in [7, 11) is 0. The summed E-state index contributed by atoms with van der Waals surface area (Å²) in [6, 6.07) is 2.25. The van der Waals surface area contributed by atoms with Crippen LogP contribution in [0.5, 0.6) is 0 Å². The summed E-state index contributed by atoms with van der Waals surface area (Å²) in [5.74, 6) is 2.26. The summed E-state index contributed by atoms with van der Waals surface area (Å²) in [6.07, 6.45) is 4.84. The van der Waals surface area contributed by atoms with Crippen LogP contribution in [0, 0.1) is 12.8 Å². The second-order valence-corrected chi connectivity index (χ2v) is 6.85. The molecular formula is C18H29N5O2. The molecule has 2 fully saturated rings. The van der Waals surface area contributed by atoms with Crippen molar-refractivity contribution < 1.29 is 9.53 Å². The number of aromatic nitrogens is 2. The van der Waals surface area contributed by atoms with Gasteiger partial charge >= 0.3 is 6.03 Å². The number of amides is 2. The number of aryl methyl sites for hydroxylation is 1. The molecule has 1 N–H and O–H groups in total. The Bertz CT molecular complexity index is 568. The lowest BCUT2D eigenvalue weighted by atomic mass is 9.90. The molecule has 0 aliphatic carbocycles. The maximum atomic E-state index is 12.6. The largest absolute Gasteiger partial charge is 0.381 e. The fourth-order valence-corrected chi connectivity index (χ4v) is 3.68. The molecule has 2 aliphatic rings. The summed E-state index contributed by atoms with van der Waals surface area (Å²) in [5.41, 5.74) is 0. The van der Waals surface area contributed by atoms with Crippen molar-refractivity contribution in [1.29, 1.82) is 0 Å². The third-order valence-corrected chi connectivity index (χ3v) is 5.24. The number of hydrogen-bond donors (Lipinski definition) is 1. The van der Waals surface area contributed by atoms with Crippen LogP contribution in [0.15, 0.2) is 12.3 Å². The minimum Gasteiger partial charge on any atom is -0.381 e. The standard InChI is InChI=1S/C18H29N5O2/c1-3-16(15-5-12-25-13-6-15)21-18(24)23-10-8-22(9-11-23)17-4-7-19-14(2)20-17/h4,7,15-16H,3,5-6,8-13H2,1-2H3,(H,21,24). The lowest BCUT2D eigenvalue weighted by molar-refractivity contribution is 0.0534. The van der Waals surface area contributed by atoms with E-state index in [4.69, 9.17) is 4.74 Å². The maximum absolute atomic E-state index is 12.6. The molecular weight excluding hydrogens is 318 g/mol. The van der Waals surface area contributed by atoms with Gasteiger partial charge in [-0.1, -0.05) is 6.92 Å². The molecule has 1 aromatic heterocycles. The average Bonchev–Trinajstić information content (AvgIpc) is 2.67. The number of ether oxygens (including phenoxy) is 1. The molecule has 0 bridgehead atoms. The minimum atomic E-state index is 0.0665. The molecule has 0 saturated carbocycles. The minimum absolute atomic E-state index is 0.0665. The van der Waals surface area contributed by atoms with Gasteiger partial charge in [0.25, 0.3) is 0 Å². The lowest BCUT2D eigenvalue weighted by Crippen LogP contribution is -2.54. The topological polar surface area (TPSA) is 70.6 Å². The number of anilines is 1. The van der Waals surface area contributed by atoms with Gasteiger partial charge in [0.15, 0.2) is 0 Å². The molecule has 0 radical (unpaired) electrons. The van der Waals surface area contributed by atoms with Crippen molar-refractivity contribution in [3.05, 3.63) is 18.1 Å². The highest BCUT2D eigenvalue weighted by Crippen LogP contribution is 2.21. The number of carbonyl (C=O) groups excluding carboxylic acids is 1. The van der Waals surface area contributed by atoms with Crippen LogP contribution < -0.4 is 10.2 Å². The van der Waals surface area contributed by atoms with Crippen molar-refractivity contribution in [2.24, 2.45) is 5.92 Å². The quantitative estimate of drug-likeness (QED) is 0.900. The third-order valence-electron chi connectivity index (χ3n) is 5.24. The molecule has 2 saturated heterocycles. The molecule has 1 atom stereocenters. The molecule has 0 aromatic carbocycles. The first kappa shape index (κ1) is 17.9. The number of carbonyl (C=O) groups is 1. The predicted molar refractivity (Wildman–Crippen MR) is 96.7 cm³/mol. The predicted octanol–water partition coefficient (Wildman–Crippen LogP) is 1.82. The highest BCUT2D eigenvalue weighted by molar-refractivity contribution is 5.75. The molecule has 2 amide bonds. The number of urea groups is 1. The Kier molecular flexibility index (Phi) is 6.07. The van der Waals surface area contributed by atoms with E-state index in [0.717, 1.165) is 70.3 Å². The van der Waals surface area contributed by atoms with Gasteiger partial charge in [-0.2, -0.15) is 0 Å². The molecule has 1 aromatic rings.